The average molecular weight is 389 g/mol. The highest BCUT2D eigenvalue weighted by Gasteiger charge is 2.20. The predicted octanol–water partition coefficient (Wildman–Crippen LogP) is 4.12. The number of amides is 1. The maximum absolute atomic E-state index is 12.6. The van der Waals surface area contributed by atoms with Crippen molar-refractivity contribution in [1.82, 2.24) is 14.8 Å². The number of anilines is 1. The van der Waals surface area contributed by atoms with Crippen molar-refractivity contribution in [2.45, 2.75) is 23.9 Å². The van der Waals surface area contributed by atoms with Gasteiger partial charge in [-0.05, 0) is 25.1 Å². The van der Waals surface area contributed by atoms with Crippen LogP contribution in [-0.4, -0.2) is 25.9 Å². The minimum absolute atomic E-state index is 0.172. The summed E-state index contributed by atoms with van der Waals surface area (Å²) in [6.07, 6.45) is 1.78. The van der Waals surface area contributed by atoms with Crippen molar-refractivity contribution < 1.29 is 4.79 Å². The van der Waals surface area contributed by atoms with E-state index in [9.17, 15) is 4.79 Å². The Morgan fingerprint density at radius 1 is 1.29 bits per heavy atom. The fourth-order valence-corrected chi connectivity index (χ4v) is 3.45. The van der Waals surface area contributed by atoms with Gasteiger partial charge in [-0.3, -0.25) is 9.36 Å². The molecule has 1 atom stereocenters. The fourth-order valence-electron chi connectivity index (χ4n) is 2.59. The van der Waals surface area contributed by atoms with Gasteiger partial charge in [-0.2, -0.15) is 5.26 Å². The number of rotatable bonds is 7. The minimum Gasteiger partial charge on any atom is -0.325 e. The zero-order valence-corrected chi connectivity index (χ0v) is 16.2. The molecule has 1 N–H and O–H groups in total. The van der Waals surface area contributed by atoms with Gasteiger partial charge in [0, 0.05) is 17.8 Å². The van der Waals surface area contributed by atoms with E-state index in [1.807, 2.05) is 41.8 Å². The molecule has 1 heterocycles. The molecular formula is C21H19N5OS. The van der Waals surface area contributed by atoms with Crippen LogP contribution < -0.4 is 5.32 Å². The van der Waals surface area contributed by atoms with E-state index in [4.69, 9.17) is 5.26 Å². The number of benzene rings is 2. The zero-order chi connectivity index (χ0) is 19.9. The highest BCUT2D eigenvalue weighted by Crippen LogP contribution is 2.27. The van der Waals surface area contributed by atoms with Crippen LogP contribution in [0.25, 0.3) is 11.4 Å². The molecule has 0 saturated carbocycles. The molecule has 0 saturated heterocycles. The first-order valence-electron chi connectivity index (χ1n) is 8.69. The Balaban J connectivity index is 1.77. The Morgan fingerprint density at radius 3 is 2.79 bits per heavy atom. The summed E-state index contributed by atoms with van der Waals surface area (Å²) in [5.41, 5.74) is 2.04. The van der Waals surface area contributed by atoms with Crippen molar-refractivity contribution in [3.8, 4) is 17.5 Å². The van der Waals surface area contributed by atoms with Gasteiger partial charge in [0.05, 0.1) is 16.9 Å². The number of hydrogen-bond acceptors (Lipinski definition) is 5. The maximum Gasteiger partial charge on any atom is 0.237 e. The summed E-state index contributed by atoms with van der Waals surface area (Å²) in [5.74, 6) is 0.562. The van der Waals surface area contributed by atoms with Crippen LogP contribution in [0.15, 0.2) is 72.4 Å². The van der Waals surface area contributed by atoms with E-state index >= 15 is 0 Å². The van der Waals surface area contributed by atoms with Crippen LogP contribution in [-0.2, 0) is 11.3 Å². The van der Waals surface area contributed by atoms with Crippen LogP contribution in [0.2, 0.25) is 0 Å². The molecule has 0 unspecified atom stereocenters. The SMILES string of the molecule is C=CCn1c(S[C@H](C)C(=O)Nc2cccc(C#N)c2)nnc1-c1ccccc1. The quantitative estimate of drug-likeness (QED) is 0.485. The molecule has 0 fully saturated rings. The number of carbonyl (C=O) groups is 1. The summed E-state index contributed by atoms with van der Waals surface area (Å²) in [5, 5.41) is 20.6. The summed E-state index contributed by atoms with van der Waals surface area (Å²) < 4.78 is 1.94. The molecule has 0 spiro atoms. The lowest BCUT2D eigenvalue weighted by Crippen LogP contribution is -2.23. The van der Waals surface area contributed by atoms with E-state index in [0.29, 0.717) is 23.0 Å². The van der Waals surface area contributed by atoms with Gasteiger partial charge in [-0.1, -0.05) is 54.2 Å². The normalized spacial score (nSPS) is 11.4. The largest absolute Gasteiger partial charge is 0.325 e. The Hall–Kier alpha value is -3.37. The Kier molecular flexibility index (Phi) is 6.25. The van der Waals surface area contributed by atoms with Crippen LogP contribution in [0.4, 0.5) is 5.69 Å². The third kappa shape index (κ3) is 4.48. The van der Waals surface area contributed by atoms with Crippen LogP contribution in [0.1, 0.15) is 12.5 Å². The van der Waals surface area contributed by atoms with E-state index in [-0.39, 0.29) is 5.91 Å². The van der Waals surface area contributed by atoms with E-state index in [1.54, 1.807) is 30.3 Å². The van der Waals surface area contributed by atoms with Gasteiger partial charge in [0.25, 0.3) is 0 Å². The van der Waals surface area contributed by atoms with Crippen molar-refractivity contribution in [3.05, 3.63) is 72.8 Å². The molecule has 3 rings (SSSR count). The zero-order valence-electron chi connectivity index (χ0n) is 15.4. The third-order valence-electron chi connectivity index (χ3n) is 3.97. The van der Waals surface area contributed by atoms with Crippen LogP contribution in [0.5, 0.6) is 0 Å². The molecule has 6 nitrogen and oxygen atoms in total. The number of aromatic nitrogens is 3. The van der Waals surface area contributed by atoms with Crippen LogP contribution in [0, 0.1) is 11.3 Å². The van der Waals surface area contributed by atoms with Crippen molar-refractivity contribution in [2.75, 3.05) is 5.32 Å². The number of nitrogens with zero attached hydrogens (tertiary/aromatic N) is 4. The van der Waals surface area contributed by atoms with Gasteiger partial charge in [0.15, 0.2) is 11.0 Å². The van der Waals surface area contributed by atoms with Crippen molar-refractivity contribution in [3.63, 3.8) is 0 Å². The molecule has 0 aliphatic heterocycles. The van der Waals surface area contributed by atoms with Gasteiger partial charge >= 0.3 is 0 Å². The van der Waals surface area contributed by atoms with Gasteiger partial charge in [0.1, 0.15) is 0 Å². The standard InChI is InChI=1S/C21H19N5OS/c1-3-12-26-19(17-9-5-4-6-10-17)24-25-21(26)28-15(2)20(27)23-18-11-7-8-16(13-18)14-22/h3-11,13,15H,1,12H2,2H3,(H,23,27)/t15-/m1/s1. The number of thioether (sulfide) groups is 1. The lowest BCUT2D eigenvalue weighted by Gasteiger charge is -2.13. The van der Waals surface area contributed by atoms with Gasteiger partial charge in [0.2, 0.25) is 5.91 Å². The Bertz CT molecular complexity index is 1020. The van der Waals surface area contributed by atoms with E-state index in [0.717, 1.165) is 11.4 Å². The molecule has 0 radical (unpaired) electrons. The maximum atomic E-state index is 12.6. The summed E-state index contributed by atoms with van der Waals surface area (Å²) in [4.78, 5) is 12.6. The Morgan fingerprint density at radius 2 is 2.07 bits per heavy atom. The van der Waals surface area contributed by atoms with Gasteiger partial charge in [-0.25, -0.2) is 0 Å². The molecule has 2 aromatic carbocycles. The lowest BCUT2D eigenvalue weighted by atomic mass is 10.2. The second-order valence-corrected chi connectivity index (χ2v) is 7.32. The lowest BCUT2D eigenvalue weighted by molar-refractivity contribution is -0.115. The molecule has 28 heavy (non-hydrogen) atoms. The first kappa shape index (κ1) is 19.4. The highest BCUT2D eigenvalue weighted by molar-refractivity contribution is 8.00. The second kappa shape index (κ2) is 9.02. The molecule has 0 aliphatic rings. The topological polar surface area (TPSA) is 83.6 Å². The minimum atomic E-state index is -0.401. The number of carbonyl (C=O) groups excluding carboxylic acids is 1. The monoisotopic (exact) mass is 389 g/mol. The summed E-state index contributed by atoms with van der Waals surface area (Å²) in [7, 11) is 0. The van der Waals surface area contributed by atoms with Crippen molar-refractivity contribution in [1.29, 1.82) is 5.26 Å². The summed E-state index contributed by atoms with van der Waals surface area (Å²) in [6.45, 7) is 6.16. The number of nitrogens with one attached hydrogen (secondary N) is 1. The molecule has 140 valence electrons. The Labute approximate surface area is 167 Å². The molecule has 1 aromatic heterocycles. The molecule has 0 bridgehead atoms. The predicted molar refractivity (Wildman–Crippen MR) is 111 cm³/mol. The highest BCUT2D eigenvalue weighted by atomic mass is 32.2. The van der Waals surface area contributed by atoms with Crippen LogP contribution in [0.3, 0.4) is 0 Å². The molecule has 7 heteroatoms. The number of nitriles is 1. The van der Waals surface area contributed by atoms with E-state index < -0.39 is 5.25 Å². The summed E-state index contributed by atoms with van der Waals surface area (Å²) in [6, 6.07) is 18.7. The first-order valence-corrected chi connectivity index (χ1v) is 9.57. The number of hydrogen-bond donors (Lipinski definition) is 1. The van der Waals surface area contributed by atoms with Crippen LogP contribution >= 0.6 is 11.8 Å². The van der Waals surface area contributed by atoms with Crippen molar-refractivity contribution in [2.24, 2.45) is 0 Å². The molecule has 1 amide bonds. The van der Waals surface area contributed by atoms with Gasteiger partial charge < -0.3 is 5.32 Å². The number of allylic oxidation sites excluding steroid dienone is 1. The van der Waals surface area contributed by atoms with E-state index in [1.165, 1.54) is 11.8 Å². The fraction of sp³-hybridized carbons (Fsp3) is 0.143. The average Bonchev–Trinajstić information content (AvgIpc) is 3.11. The smallest absolute Gasteiger partial charge is 0.237 e. The van der Waals surface area contributed by atoms with Gasteiger partial charge in [-0.15, -0.1) is 16.8 Å². The van der Waals surface area contributed by atoms with Crippen molar-refractivity contribution >= 4 is 23.4 Å². The summed E-state index contributed by atoms with van der Waals surface area (Å²) >= 11 is 1.33. The van der Waals surface area contributed by atoms with E-state index in [2.05, 4.69) is 28.2 Å². The second-order valence-electron chi connectivity index (χ2n) is 6.01. The molecule has 3 aromatic rings. The third-order valence-corrected chi connectivity index (χ3v) is 5.05. The molecule has 0 aliphatic carbocycles. The molecular weight excluding hydrogens is 370 g/mol. The first-order chi connectivity index (χ1) is 13.6.